The molecule has 0 saturated heterocycles. The Labute approximate surface area is 89.0 Å². The van der Waals surface area contributed by atoms with Gasteiger partial charge >= 0.3 is 6.03 Å². The molecule has 0 radical (unpaired) electrons. The van der Waals surface area contributed by atoms with E-state index >= 15 is 0 Å². The van der Waals surface area contributed by atoms with E-state index in [1.165, 1.54) is 0 Å². The quantitative estimate of drug-likeness (QED) is 0.698. The number of urea groups is 1. The minimum atomic E-state index is -0.171. The number of nitrogens with one attached hydrogen (secondary N) is 2. The van der Waals surface area contributed by atoms with Gasteiger partial charge in [-0.05, 0) is 20.1 Å². The fourth-order valence-electron chi connectivity index (χ4n) is 0.909. The summed E-state index contributed by atoms with van der Waals surface area (Å²) < 4.78 is 0. The van der Waals surface area contributed by atoms with E-state index in [0.717, 1.165) is 5.75 Å². The van der Waals surface area contributed by atoms with Crippen LogP contribution in [0.25, 0.3) is 0 Å². The average molecular weight is 225 g/mol. The molecule has 3 nitrogen and oxygen atoms in total. The second-order valence-corrected chi connectivity index (χ2v) is 4.63. The molecule has 0 aromatic rings. The molecule has 0 aromatic carbocycles. The standard InChI is InChI=1S/C8H17ClN2OS/c1-8(2,6-13-3)11-7(12)10-5-4-9/h4-6H2,1-3H3,(H2,10,11,12). The van der Waals surface area contributed by atoms with Crippen molar-refractivity contribution < 1.29 is 4.79 Å². The Morgan fingerprint density at radius 2 is 2.15 bits per heavy atom. The first-order valence-electron chi connectivity index (χ1n) is 4.13. The highest BCUT2D eigenvalue weighted by Gasteiger charge is 2.18. The van der Waals surface area contributed by atoms with Crippen molar-refractivity contribution in [3.05, 3.63) is 0 Å². The highest BCUT2D eigenvalue weighted by atomic mass is 35.5. The number of carbonyl (C=O) groups is 1. The van der Waals surface area contributed by atoms with E-state index in [2.05, 4.69) is 10.6 Å². The number of hydrogen-bond donors (Lipinski definition) is 2. The van der Waals surface area contributed by atoms with Crippen molar-refractivity contribution in [3.8, 4) is 0 Å². The van der Waals surface area contributed by atoms with Gasteiger partial charge in [0, 0.05) is 23.7 Å². The third kappa shape index (κ3) is 7.02. The lowest BCUT2D eigenvalue weighted by Gasteiger charge is -2.25. The van der Waals surface area contributed by atoms with E-state index in [4.69, 9.17) is 11.6 Å². The van der Waals surface area contributed by atoms with Crippen LogP contribution in [-0.2, 0) is 0 Å². The normalized spacial score (nSPS) is 11.1. The van der Waals surface area contributed by atoms with Gasteiger partial charge in [0.05, 0.1) is 0 Å². The van der Waals surface area contributed by atoms with E-state index in [9.17, 15) is 4.79 Å². The molecule has 0 aliphatic heterocycles. The van der Waals surface area contributed by atoms with Gasteiger partial charge in [-0.25, -0.2) is 4.79 Å². The smallest absolute Gasteiger partial charge is 0.315 e. The first kappa shape index (κ1) is 12.9. The molecule has 0 atom stereocenters. The summed E-state index contributed by atoms with van der Waals surface area (Å²) in [5.74, 6) is 1.33. The molecule has 0 bridgehead atoms. The van der Waals surface area contributed by atoms with E-state index < -0.39 is 0 Å². The molecule has 13 heavy (non-hydrogen) atoms. The van der Waals surface area contributed by atoms with E-state index in [1.807, 2.05) is 20.1 Å². The number of halogens is 1. The summed E-state index contributed by atoms with van der Waals surface area (Å²) in [7, 11) is 0. The molecule has 0 heterocycles. The van der Waals surface area contributed by atoms with Gasteiger partial charge in [-0.3, -0.25) is 0 Å². The second-order valence-electron chi connectivity index (χ2n) is 3.39. The summed E-state index contributed by atoms with van der Waals surface area (Å²) in [6.45, 7) is 4.48. The molecule has 0 aromatic heterocycles. The molecule has 2 N–H and O–H groups in total. The SMILES string of the molecule is CSCC(C)(C)NC(=O)NCCCl. The van der Waals surface area contributed by atoms with Gasteiger partial charge in [-0.15, -0.1) is 11.6 Å². The highest BCUT2D eigenvalue weighted by molar-refractivity contribution is 7.98. The van der Waals surface area contributed by atoms with Crippen molar-refractivity contribution in [2.75, 3.05) is 24.4 Å². The van der Waals surface area contributed by atoms with E-state index in [0.29, 0.717) is 12.4 Å². The predicted octanol–water partition coefficient (Wildman–Crippen LogP) is 1.67. The number of rotatable bonds is 5. The van der Waals surface area contributed by atoms with Gasteiger partial charge in [0.15, 0.2) is 0 Å². The summed E-state index contributed by atoms with van der Waals surface area (Å²) in [6, 6.07) is -0.153. The Morgan fingerprint density at radius 3 is 2.62 bits per heavy atom. The first-order valence-corrected chi connectivity index (χ1v) is 6.05. The van der Waals surface area contributed by atoms with Crippen molar-refractivity contribution in [2.45, 2.75) is 19.4 Å². The van der Waals surface area contributed by atoms with Crippen LogP contribution in [0.3, 0.4) is 0 Å². The molecule has 0 aliphatic rings. The zero-order chi connectivity index (χ0) is 10.3. The van der Waals surface area contributed by atoms with Crippen LogP contribution < -0.4 is 10.6 Å². The van der Waals surface area contributed by atoms with Gasteiger partial charge in [0.25, 0.3) is 0 Å². The topological polar surface area (TPSA) is 41.1 Å². The molecule has 0 aliphatic carbocycles. The van der Waals surface area contributed by atoms with Crippen LogP contribution in [0.2, 0.25) is 0 Å². The lowest BCUT2D eigenvalue weighted by atomic mass is 10.1. The summed E-state index contributed by atoms with van der Waals surface area (Å²) in [5.41, 5.74) is -0.171. The van der Waals surface area contributed by atoms with Gasteiger partial charge in [-0.1, -0.05) is 0 Å². The Kier molecular flexibility index (Phi) is 6.33. The Bertz CT molecular complexity index is 164. The Balaban J connectivity index is 3.75. The van der Waals surface area contributed by atoms with Gasteiger partial charge in [0.2, 0.25) is 0 Å². The molecule has 78 valence electrons. The minimum absolute atomic E-state index is 0.153. The van der Waals surface area contributed by atoms with Crippen LogP contribution in [-0.4, -0.2) is 36.0 Å². The van der Waals surface area contributed by atoms with Crippen LogP contribution in [0, 0.1) is 0 Å². The van der Waals surface area contributed by atoms with Crippen LogP contribution in [0.15, 0.2) is 0 Å². The zero-order valence-electron chi connectivity index (χ0n) is 8.32. The van der Waals surface area contributed by atoms with Crippen molar-refractivity contribution in [2.24, 2.45) is 0 Å². The lowest BCUT2D eigenvalue weighted by molar-refractivity contribution is 0.233. The van der Waals surface area contributed by atoms with Gasteiger partial charge in [-0.2, -0.15) is 11.8 Å². The van der Waals surface area contributed by atoms with Gasteiger partial charge in [0.1, 0.15) is 0 Å². The third-order valence-corrected chi connectivity index (χ3v) is 2.54. The largest absolute Gasteiger partial charge is 0.337 e. The summed E-state index contributed by atoms with van der Waals surface area (Å²) >= 11 is 7.14. The highest BCUT2D eigenvalue weighted by Crippen LogP contribution is 2.08. The van der Waals surface area contributed by atoms with E-state index in [1.54, 1.807) is 11.8 Å². The minimum Gasteiger partial charge on any atom is -0.337 e. The average Bonchev–Trinajstić information content (AvgIpc) is 1.99. The monoisotopic (exact) mass is 224 g/mol. The zero-order valence-corrected chi connectivity index (χ0v) is 9.89. The third-order valence-electron chi connectivity index (χ3n) is 1.34. The fourth-order valence-corrected chi connectivity index (χ4v) is 1.80. The van der Waals surface area contributed by atoms with Crippen LogP contribution in [0.4, 0.5) is 4.79 Å². The van der Waals surface area contributed by atoms with E-state index in [-0.39, 0.29) is 11.6 Å². The number of hydrogen-bond acceptors (Lipinski definition) is 2. The lowest BCUT2D eigenvalue weighted by Crippen LogP contribution is -2.50. The number of amides is 2. The number of alkyl halides is 1. The second kappa shape index (κ2) is 6.38. The maximum absolute atomic E-state index is 11.2. The van der Waals surface area contributed by atoms with Crippen molar-refractivity contribution in [1.82, 2.24) is 10.6 Å². The molecule has 5 heteroatoms. The predicted molar refractivity (Wildman–Crippen MR) is 59.7 cm³/mol. The number of thioether (sulfide) groups is 1. The maximum Gasteiger partial charge on any atom is 0.315 e. The maximum atomic E-state index is 11.2. The molecule has 0 spiro atoms. The van der Waals surface area contributed by atoms with Crippen LogP contribution in [0.1, 0.15) is 13.8 Å². The number of carbonyl (C=O) groups excluding carboxylic acids is 1. The summed E-state index contributed by atoms with van der Waals surface area (Å²) in [5, 5.41) is 5.52. The Morgan fingerprint density at radius 1 is 1.54 bits per heavy atom. The van der Waals surface area contributed by atoms with Crippen molar-refractivity contribution in [3.63, 3.8) is 0 Å². The van der Waals surface area contributed by atoms with Gasteiger partial charge < -0.3 is 10.6 Å². The molecule has 0 fully saturated rings. The molecule has 2 amide bonds. The molecule has 0 rings (SSSR count). The van der Waals surface area contributed by atoms with Crippen LogP contribution in [0.5, 0.6) is 0 Å². The molecule has 0 saturated carbocycles. The van der Waals surface area contributed by atoms with Crippen LogP contribution >= 0.6 is 23.4 Å². The summed E-state index contributed by atoms with van der Waals surface area (Å²) in [4.78, 5) is 11.2. The Hall–Kier alpha value is -0.0900. The molecule has 0 unspecified atom stereocenters. The fraction of sp³-hybridized carbons (Fsp3) is 0.875. The van der Waals surface area contributed by atoms with Crippen molar-refractivity contribution in [1.29, 1.82) is 0 Å². The first-order chi connectivity index (χ1) is 6.02. The molecular formula is C8H17ClN2OS. The molecular weight excluding hydrogens is 208 g/mol. The van der Waals surface area contributed by atoms with Crippen molar-refractivity contribution >= 4 is 29.4 Å². The summed E-state index contributed by atoms with van der Waals surface area (Å²) in [6.07, 6.45) is 2.01.